The van der Waals surface area contributed by atoms with Gasteiger partial charge in [0.2, 0.25) is 5.91 Å². The molecule has 4 aromatic rings. The van der Waals surface area contributed by atoms with E-state index in [0.717, 1.165) is 26.4 Å². The van der Waals surface area contributed by atoms with Crippen molar-refractivity contribution >= 4 is 27.5 Å². The maximum atomic E-state index is 13.1. The highest BCUT2D eigenvalue weighted by Crippen LogP contribution is 2.35. The van der Waals surface area contributed by atoms with Gasteiger partial charge < -0.3 is 5.32 Å². The molecule has 0 aliphatic rings. The van der Waals surface area contributed by atoms with Gasteiger partial charge in [-0.1, -0.05) is 36.4 Å². The van der Waals surface area contributed by atoms with Gasteiger partial charge in [-0.3, -0.25) is 19.1 Å². The Morgan fingerprint density at radius 2 is 2.00 bits per heavy atom. The molecule has 0 saturated carbocycles. The number of nitrogens with zero attached hydrogens (tertiary/aromatic N) is 3. The molecule has 7 heteroatoms. The standard InChI is InChI=1S/C22H20N4O2S/c1-15-19(17-7-3-2-4-8-17)20-21(29-15)25-14-26(22(20)28)11-9-18(27)24-13-16-6-5-10-23-12-16/h2-8,10,12,14H,9,11,13H2,1H3,(H,24,27). The first-order chi connectivity index (χ1) is 14.1. The molecular weight excluding hydrogens is 384 g/mol. The summed E-state index contributed by atoms with van der Waals surface area (Å²) in [6, 6.07) is 13.6. The maximum Gasteiger partial charge on any atom is 0.262 e. The van der Waals surface area contributed by atoms with Gasteiger partial charge in [-0.25, -0.2) is 4.98 Å². The first-order valence-electron chi connectivity index (χ1n) is 9.33. The Morgan fingerprint density at radius 3 is 2.76 bits per heavy atom. The van der Waals surface area contributed by atoms with Crippen molar-refractivity contribution in [1.29, 1.82) is 0 Å². The smallest absolute Gasteiger partial charge is 0.262 e. The van der Waals surface area contributed by atoms with Crippen LogP contribution in [0.1, 0.15) is 16.9 Å². The van der Waals surface area contributed by atoms with Crippen LogP contribution >= 0.6 is 11.3 Å². The van der Waals surface area contributed by atoms with E-state index in [2.05, 4.69) is 15.3 Å². The molecule has 0 spiro atoms. The van der Waals surface area contributed by atoms with E-state index in [1.54, 1.807) is 12.4 Å². The fourth-order valence-electron chi connectivity index (χ4n) is 3.26. The SMILES string of the molecule is Cc1sc2ncn(CCC(=O)NCc3cccnc3)c(=O)c2c1-c1ccccc1. The van der Waals surface area contributed by atoms with Crippen LogP contribution in [0.2, 0.25) is 0 Å². The van der Waals surface area contributed by atoms with Crippen LogP contribution < -0.4 is 10.9 Å². The van der Waals surface area contributed by atoms with Crippen molar-refractivity contribution in [2.75, 3.05) is 0 Å². The second-order valence-electron chi connectivity index (χ2n) is 6.71. The number of pyridine rings is 1. The Bertz CT molecular complexity index is 1200. The molecule has 4 rings (SSSR count). The lowest BCUT2D eigenvalue weighted by Gasteiger charge is -2.08. The number of rotatable bonds is 6. The molecule has 0 aliphatic carbocycles. The highest BCUT2D eigenvalue weighted by Gasteiger charge is 2.17. The molecule has 146 valence electrons. The number of aryl methyl sites for hydroxylation is 2. The number of aromatic nitrogens is 3. The lowest BCUT2D eigenvalue weighted by Crippen LogP contribution is -2.27. The van der Waals surface area contributed by atoms with Crippen molar-refractivity contribution in [2.45, 2.75) is 26.4 Å². The van der Waals surface area contributed by atoms with Crippen molar-refractivity contribution in [2.24, 2.45) is 0 Å². The van der Waals surface area contributed by atoms with Gasteiger partial charge in [0.15, 0.2) is 0 Å². The normalized spacial score (nSPS) is 10.9. The fraction of sp³-hybridized carbons (Fsp3) is 0.182. The Hall–Kier alpha value is -3.32. The molecule has 0 saturated heterocycles. The van der Waals surface area contributed by atoms with Gasteiger partial charge in [0.1, 0.15) is 4.83 Å². The quantitative estimate of drug-likeness (QED) is 0.533. The van der Waals surface area contributed by atoms with E-state index in [-0.39, 0.29) is 24.4 Å². The van der Waals surface area contributed by atoms with Gasteiger partial charge in [-0.05, 0) is 24.1 Å². The average molecular weight is 404 g/mol. The number of hydrogen-bond acceptors (Lipinski definition) is 5. The van der Waals surface area contributed by atoms with Gasteiger partial charge in [0.05, 0.1) is 11.7 Å². The van der Waals surface area contributed by atoms with E-state index < -0.39 is 0 Å². The van der Waals surface area contributed by atoms with Crippen molar-refractivity contribution in [3.63, 3.8) is 0 Å². The molecular formula is C22H20N4O2S. The molecule has 29 heavy (non-hydrogen) atoms. The second-order valence-corrected chi connectivity index (χ2v) is 7.91. The molecule has 0 bridgehead atoms. The third-order valence-electron chi connectivity index (χ3n) is 4.71. The summed E-state index contributed by atoms with van der Waals surface area (Å²) in [7, 11) is 0. The summed E-state index contributed by atoms with van der Waals surface area (Å²) in [5, 5.41) is 3.48. The van der Waals surface area contributed by atoms with Gasteiger partial charge in [0.25, 0.3) is 5.56 Å². The largest absolute Gasteiger partial charge is 0.352 e. The van der Waals surface area contributed by atoms with Gasteiger partial charge >= 0.3 is 0 Å². The van der Waals surface area contributed by atoms with Crippen LogP contribution in [-0.2, 0) is 17.9 Å². The molecule has 1 N–H and O–H groups in total. The molecule has 1 amide bonds. The lowest BCUT2D eigenvalue weighted by atomic mass is 10.0. The highest BCUT2D eigenvalue weighted by atomic mass is 32.1. The Morgan fingerprint density at radius 1 is 1.17 bits per heavy atom. The summed E-state index contributed by atoms with van der Waals surface area (Å²) in [5.41, 5.74) is 2.75. The summed E-state index contributed by atoms with van der Waals surface area (Å²) in [5.74, 6) is -0.120. The van der Waals surface area contributed by atoms with E-state index in [0.29, 0.717) is 11.9 Å². The van der Waals surface area contributed by atoms with E-state index in [9.17, 15) is 9.59 Å². The zero-order chi connectivity index (χ0) is 20.2. The summed E-state index contributed by atoms with van der Waals surface area (Å²) >= 11 is 1.52. The molecule has 0 unspecified atom stereocenters. The Balaban J connectivity index is 1.53. The predicted octanol–water partition coefficient (Wildman–Crippen LogP) is 3.53. The number of amides is 1. The predicted molar refractivity (Wildman–Crippen MR) is 115 cm³/mol. The zero-order valence-electron chi connectivity index (χ0n) is 16.0. The molecule has 6 nitrogen and oxygen atoms in total. The first kappa shape index (κ1) is 19.0. The van der Waals surface area contributed by atoms with E-state index in [1.807, 2.05) is 49.4 Å². The van der Waals surface area contributed by atoms with Gasteiger partial charge in [-0.15, -0.1) is 11.3 Å². The zero-order valence-corrected chi connectivity index (χ0v) is 16.8. The van der Waals surface area contributed by atoms with E-state index >= 15 is 0 Å². The van der Waals surface area contributed by atoms with Crippen LogP contribution in [0.4, 0.5) is 0 Å². The minimum absolute atomic E-state index is 0.113. The number of thiophene rings is 1. The number of carbonyl (C=O) groups is 1. The van der Waals surface area contributed by atoms with Crippen molar-refractivity contribution in [1.82, 2.24) is 19.9 Å². The van der Waals surface area contributed by atoms with Crippen molar-refractivity contribution in [3.8, 4) is 11.1 Å². The average Bonchev–Trinajstić information content (AvgIpc) is 3.10. The van der Waals surface area contributed by atoms with Crippen LogP contribution in [0.5, 0.6) is 0 Å². The number of hydrogen-bond donors (Lipinski definition) is 1. The summed E-state index contributed by atoms with van der Waals surface area (Å²) in [6.45, 7) is 2.70. The minimum atomic E-state index is -0.120. The molecule has 1 aromatic carbocycles. The summed E-state index contributed by atoms with van der Waals surface area (Å²) < 4.78 is 1.52. The first-order valence-corrected chi connectivity index (χ1v) is 10.1. The summed E-state index contributed by atoms with van der Waals surface area (Å²) in [6.07, 6.45) is 5.14. The lowest BCUT2D eigenvalue weighted by molar-refractivity contribution is -0.121. The van der Waals surface area contributed by atoms with E-state index in [4.69, 9.17) is 0 Å². The number of nitrogens with one attached hydrogen (secondary N) is 1. The summed E-state index contributed by atoms with van der Waals surface area (Å²) in [4.78, 5) is 35.6. The maximum absolute atomic E-state index is 13.1. The third kappa shape index (κ3) is 4.09. The van der Waals surface area contributed by atoms with Crippen LogP contribution in [0, 0.1) is 6.92 Å². The topological polar surface area (TPSA) is 76.9 Å². The molecule has 0 fully saturated rings. The van der Waals surface area contributed by atoms with Crippen LogP contribution in [0.15, 0.2) is 66.0 Å². The van der Waals surface area contributed by atoms with E-state index in [1.165, 1.54) is 22.2 Å². The van der Waals surface area contributed by atoms with Gasteiger partial charge in [0, 0.05) is 42.3 Å². The molecule has 3 heterocycles. The van der Waals surface area contributed by atoms with Gasteiger partial charge in [-0.2, -0.15) is 0 Å². The fourth-order valence-corrected chi connectivity index (χ4v) is 4.27. The third-order valence-corrected chi connectivity index (χ3v) is 5.72. The minimum Gasteiger partial charge on any atom is -0.352 e. The number of benzene rings is 1. The molecule has 3 aromatic heterocycles. The van der Waals surface area contributed by atoms with Crippen LogP contribution in [-0.4, -0.2) is 20.4 Å². The van der Waals surface area contributed by atoms with Crippen molar-refractivity contribution in [3.05, 3.63) is 82.0 Å². The Labute approximate surface area is 171 Å². The molecule has 0 radical (unpaired) electrons. The van der Waals surface area contributed by atoms with Crippen LogP contribution in [0.3, 0.4) is 0 Å². The number of fused-ring (bicyclic) bond motifs is 1. The molecule has 0 atom stereocenters. The Kier molecular flexibility index (Phi) is 5.48. The number of carbonyl (C=O) groups excluding carboxylic acids is 1. The highest BCUT2D eigenvalue weighted by molar-refractivity contribution is 7.19. The second kappa shape index (κ2) is 8.36. The molecule has 0 aliphatic heterocycles. The van der Waals surface area contributed by atoms with Crippen LogP contribution in [0.25, 0.3) is 21.3 Å². The van der Waals surface area contributed by atoms with Crippen molar-refractivity contribution < 1.29 is 4.79 Å². The monoisotopic (exact) mass is 404 g/mol.